The summed E-state index contributed by atoms with van der Waals surface area (Å²) in [6, 6.07) is 8.31. The number of pyridine rings is 1. The Labute approximate surface area is 197 Å². The fraction of sp³-hybridized carbons (Fsp3) is 0.286. The number of thiazole rings is 1. The van der Waals surface area contributed by atoms with E-state index >= 15 is 0 Å². The number of hydrogen-bond donors (Lipinski definition) is 2. The van der Waals surface area contributed by atoms with Gasteiger partial charge in [0.2, 0.25) is 0 Å². The van der Waals surface area contributed by atoms with Crippen molar-refractivity contribution in [3.63, 3.8) is 0 Å². The molecule has 0 amide bonds. The van der Waals surface area contributed by atoms with Crippen LogP contribution in [0.25, 0.3) is 0 Å². The summed E-state index contributed by atoms with van der Waals surface area (Å²) in [5.74, 6) is 0.877. The van der Waals surface area contributed by atoms with Crippen LogP contribution in [0.2, 0.25) is 0 Å². The molecule has 2 aromatic heterocycles. The molecule has 0 aliphatic carbocycles. The van der Waals surface area contributed by atoms with Crippen LogP contribution in [0.15, 0.2) is 53.9 Å². The van der Waals surface area contributed by atoms with Crippen molar-refractivity contribution in [2.24, 2.45) is 4.99 Å². The van der Waals surface area contributed by atoms with Crippen LogP contribution in [0.4, 0.5) is 4.39 Å². The SMILES string of the molecule is CCNC(=NCc1ccc(Oc2cccnc2)c(F)c1)NCc1ncc(CC)s1.I. The molecule has 0 aliphatic rings. The van der Waals surface area contributed by atoms with Gasteiger partial charge in [-0.25, -0.2) is 14.4 Å². The normalized spacial score (nSPS) is 11.0. The monoisotopic (exact) mass is 541 g/mol. The molecule has 160 valence electrons. The quantitative estimate of drug-likeness (QED) is 0.241. The van der Waals surface area contributed by atoms with E-state index in [2.05, 4.69) is 32.5 Å². The Kier molecular flexibility index (Phi) is 9.95. The predicted molar refractivity (Wildman–Crippen MR) is 129 cm³/mol. The summed E-state index contributed by atoms with van der Waals surface area (Å²) in [5.41, 5.74) is 0.751. The molecular formula is C21H25FIN5OS. The number of nitrogens with one attached hydrogen (secondary N) is 2. The lowest BCUT2D eigenvalue weighted by Gasteiger charge is -2.11. The van der Waals surface area contributed by atoms with Gasteiger partial charge < -0.3 is 15.4 Å². The number of rotatable bonds is 8. The number of halogens is 2. The van der Waals surface area contributed by atoms with Gasteiger partial charge in [-0.15, -0.1) is 35.3 Å². The second-order valence-electron chi connectivity index (χ2n) is 6.18. The maximum Gasteiger partial charge on any atom is 0.191 e. The van der Waals surface area contributed by atoms with Crippen LogP contribution in [0.5, 0.6) is 11.5 Å². The summed E-state index contributed by atoms with van der Waals surface area (Å²) >= 11 is 1.69. The van der Waals surface area contributed by atoms with Crippen molar-refractivity contribution in [1.29, 1.82) is 0 Å². The first kappa shape index (κ1) is 24.0. The number of hydrogen-bond acceptors (Lipinski definition) is 5. The van der Waals surface area contributed by atoms with E-state index in [4.69, 9.17) is 4.74 Å². The van der Waals surface area contributed by atoms with E-state index in [9.17, 15) is 4.39 Å². The zero-order valence-corrected chi connectivity index (χ0v) is 20.0. The van der Waals surface area contributed by atoms with Crippen molar-refractivity contribution in [1.82, 2.24) is 20.6 Å². The van der Waals surface area contributed by atoms with E-state index in [-0.39, 0.29) is 29.7 Å². The van der Waals surface area contributed by atoms with Gasteiger partial charge in [0, 0.05) is 23.8 Å². The van der Waals surface area contributed by atoms with E-state index in [1.807, 2.05) is 13.1 Å². The summed E-state index contributed by atoms with van der Waals surface area (Å²) in [5, 5.41) is 7.47. The molecule has 0 bridgehead atoms. The molecule has 0 unspecified atom stereocenters. The molecule has 3 aromatic rings. The largest absolute Gasteiger partial charge is 0.453 e. The minimum Gasteiger partial charge on any atom is -0.453 e. The third-order valence-corrected chi connectivity index (χ3v) is 5.12. The van der Waals surface area contributed by atoms with Crippen LogP contribution in [-0.4, -0.2) is 22.5 Å². The highest BCUT2D eigenvalue weighted by Gasteiger charge is 2.07. The van der Waals surface area contributed by atoms with E-state index < -0.39 is 5.82 Å². The zero-order valence-electron chi connectivity index (χ0n) is 16.9. The third kappa shape index (κ3) is 7.21. The highest BCUT2D eigenvalue weighted by molar-refractivity contribution is 14.0. The van der Waals surface area contributed by atoms with Crippen LogP contribution in [0.1, 0.15) is 29.3 Å². The van der Waals surface area contributed by atoms with E-state index in [0.717, 1.165) is 23.5 Å². The third-order valence-electron chi connectivity index (χ3n) is 3.98. The number of aryl methyl sites for hydroxylation is 1. The molecular weight excluding hydrogens is 516 g/mol. The second kappa shape index (κ2) is 12.4. The van der Waals surface area contributed by atoms with E-state index in [1.54, 1.807) is 41.8 Å². The summed E-state index contributed by atoms with van der Waals surface area (Å²) in [6.45, 7) is 5.79. The molecule has 6 nitrogen and oxygen atoms in total. The lowest BCUT2D eigenvalue weighted by molar-refractivity contribution is 0.440. The van der Waals surface area contributed by atoms with E-state index in [0.29, 0.717) is 24.8 Å². The van der Waals surface area contributed by atoms with Crippen molar-refractivity contribution < 1.29 is 9.13 Å². The molecule has 0 spiro atoms. The Morgan fingerprint density at radius 2 is 2.07 bits per heavy atom. The summed E-state index contributed by atoms with van der Waals surface area (Å²) in [6.07, 6.45) is 6.07. The lowest BCUT2D eigenvalue weighted by atomic mass is 10.2. The van der Waals surface area contributed by atoms with Gasteiger partial charge in [0.1, 0.15) is 10.8 Å². The Bertz CT molecular complexity index is 952. The highest BCUT2D eigenvalue weighted by atomic mass is 127. The first-order chi connectivity index (χ1) is 14.2. The Morgan fingerprint density at radius 3 is 2.73 bits per heavy atom. The Balaban J connectivity index is 0.00000320. The van der Waals surface area contributed by atoms with Crippen molar-refractivity contribution >= 4 is 41.3 Å². The predicted octanol–water partition coefficient (Wildman–Crippen LogP) is 4.91. The van der Waals surface area contributed by atoms with Gasteiger partial charge in [0.15, 0.2) is 17.5 Å². The van der Waals surface area contributed by atoms with Gasteiger partial charge in [-0.1, -0.05) is 13.0 Å². The van der Waals surface area contributed by atoms with Gasteiger partial charge in [-0.3, -0.25) is 4.98 Å². The molecule has 3 rings (SSSR count). The van der Waals surface area contributed by atoms with E-state index in [1.165, 1.54) is 17.1 Å². The number of aliphatic imine (C=N–C) groups is 1. The number of ether oxygens (including phenoxy) is 1. The molecule has 2 heterocycles. The minimum absolute atomic E-state index is 0. The van der Waals surface area contributed by atoms with Crippen LogP contribution in [-0.2, 0) is 19.5 Å². The van der Waals surface area contributed by atoms with Gasteiger partial charge in [0.05, 0.1) is 19.3 Å². The number of guanidine groups is 1. The van der Waals surface area contributed by atoms with Crippen LogP contribution in [0, 0.1) is 5.82 Å². The van der Waals surface area contributed by atoms with Gasteiger partial charge >= 0.3 is 0 Å². The van der Waals surface area contributed by atoms with Gasteiger partial charge in [-0.2, -0.15) is 0 Å². The van der Waals surface area contributed by atoms with Gasteiger partial charge in [0.25, 0.3) is 0 Å². The van der Waals surface area contributed by atoms with Crippen LogP contribution in [0.3, 0.4) is 0 Å². The number of aromatic nitrogens is 2. The standard InChI is InChI=1S/C21H24FN5OS.HI/c1-3-17-13-25-20(29-17)14-27-21(24-4-2)26-11-15-7-8-19(18(22)10-15)28-16-6-5-9-23-12-16;/h5-10,12-13H,3-4,11,14H2,1-2H3,(H2,24,26,27);1H. The molecule has 9 heteroatoms. The highest BCUT2D eigenvalue weighted by Crippen LogP contribution is 2.24. The maximum absolute atomic E-state index is 14.4. The van der Waals surface area contributed by atoms with Crippen molar-refractivity contribution in [2.75, 3.05) is 6.54 Å². The maximum atomic E-state index is 14.4. The fourth-order valence-electron chi connectivity index (χ4n) is 2.52. The molecule has 0 radical (unpaired) electrons. The average Bonchev–Trinajstić information content (AvgIpc) is 3.21. The molecule has 0 saturated heterocycles. The molecule has 1 aromatic carbocycles. The van der Waals surface area contributed by atoms with Crippen molar-refractivity contribution in [3.8, 4) is 11.5 Å². The Hall–Kier alpha value is -2.27. The second-order valence-corrected chi connectivity index (χ2v) is 7.38. The van der Waals surface area contributed by atoms with Crippen molar-refractivity contribution in [3.05, 3.63) is 70.2 Å². The first-order valence-corrected chi connectivity index (χ1v) is 10.3. The number of benzene rings is 1. The summed E-state index contributed by atoms with van der Waals surface area (Å²) < 4.78 is 19.9. The zero-order chi connectivity index (χ0) is 20.5. The first-order valence-electron chi connectivity index (χ1n) is 9.50. The van der Waals surface area contributed by atoms with Crippen LogP contribution >= 0.6 is 35.3 Å². The molecule has 2 N–H and O–H groups in total. The minimum atomic E-state index is -0.436. The molecule has 0 fully saturated rings. The molecule has 0 atom stereocenters. The van der Waals surface area contributed by atoms with Crippen LogP contribution < -0.4 is 15.4 Å². The Morgan fingerprint density at radius 1 is 1.20 bits per heavy atom. The topological polar surface area (TPSA) is 71.4 Å². The number of nitrogens with zero attached hydrogens (tertiary/aromatic N) is 3. The fourth-order valence-corrected chi connectivity index (χ4v) is 3.33. The van der Waals surface area contributed by atoms with Crippen molar-refractivity contribution in [2.45, 2.75) is 33.4 Å². The molecule has 0 aliphatic heterocycles. The van der Waals surface area contributed by atoms with Gasteiger partial charge in [-0.05, 0) is 43.2 Å². The smallest absolute Gasteiger partial charge is 0.191 e. The lowest BCUT2D eigenvalue weighted by Crippen LogP contribution is -2.36. The molecule has 30 heavy (non-hydrogen) atoms. The summed E-state index contributed by atoms with van der Waals surface area (Å²) in [4.78, 5) is 14.1. The molecule has 0 saturated carbocycles. The average molecular weight is 541 g/mol. The summed E-state index contributed by atoms with van der Waals surface area (Å²) in [7, 11) is 0.